The van der Waals surface area contributed by atoms with Gasteiger partial charge in [0.1, 0.15) is 18.5 Å². The molecule has 0 radical (unpaired) electrons. The van der Waals surface area contributed by atoms with Crippen molar-refractivity contribution in [1.82, 2.24) is 14.7 Å². The maximum atomic E-state index is 11.2. The summed E-state index contributed by atoms with van der Waals surface area (Å²) in [4.78, 5) is 17.1. The van der Waals surface area contributed by atoms with E-state index < -0.39 is 4.92 Å². The van der Waals surface area contributed by atoms with Crippen molar-refractivity contribution in [1.29, 1.82) is 0 Å². The van der Waals surface area contributed by atoms with Crippen molar-refractivity contribution in [3.05, 3.63) is 27.7 Å². The number of aryl methyl sites for hydroxylation is 2. The Bertz CT molecular complexity index is 531. The largest absolute Gasteiger partial charge is 0.399 e. The zero-order valence-corrected chi connectivity index (χ0v) is 11.6. The first-order chi connectivity index (χ1) is 8.88. The second-order valence-electron chi connectivity index (χ2n) is 4.13. The summed E-state index contributed by atoms with van der Waals surface area (Å²) in [6, 6.07) is 0. The number of nitrogens with zero attached hydrogens (tertiary/aromatic N) is 5. The molecular weight excluding hydrogens is 250 g/mol. The second kappa shape index (κ2) is 5.98. The molecule has 0 aliphatic carbocycles. The molecule has 0 saturated heterocycles. The van der Waals surface area contributed by atoms with Crippen molar-refractivity contribution < 1.29 is 9.76 Å². The normalized spacial score (nSPS) is 11.9. The molecule has 8 nitrogen and oxygen atoms in total. The smallest absolute Gasteiger partial charge is 0.317 e. The van der Waals surface area contributed by atoms with Gasteiger partial charge < -0.3 is 9.74 Å². The van der Waals surface area contributed by atoms with Gasteiger partial charge in [-0.15, -0.1) is 0 Å². The van der Waals surface area contributed by atoms with Crippen LogP contribution in [-0.4, -0.2) is 47.0 Å². The molecule has 0 atom stereocenters. The van der Waals surface area contributed by atoms with Crippen molar-refractivity contribution in [2.75, 3.05) is 21.2 Å². The number of allylic oxidation sites excluding steroid dienone is 1. The van der Waals surface area contributed by atoms with Crippen molar-refractivity contribution in [2.45, 2.75) is 6.92 Å². The Balaban J connectivity index is 3.46. The SMILES string of the molecule is CO/N=C/C(=C/N(C)C)c1c([N+](=O)[O-])c(C)nn1C. The van der Waals surface area contributed by atoms with Gasteiger partial charge in [0.25, 0.3) is 0 Å². The van der Waals surface area contributed by atoms with E-state index in [2.05, 4.69) is 15.1 Å². The summed E-state index contributed by atoms with van der Waals surface area (Å²) in [6.45, 7) is 1.60. The zero-order valence-electron chi connectivity index (χ0n) is 11.6. The number of nitro groups is 1. The van der Waals surface area contributed by atoms with Crippen molar-refractivity contribution >= 4 is 17.5 Å². The zero-order chi connectivity index (χ0) is 14.6. The van der Waals surface area contributed by atoms with Crippen LogP contribution in [0.1, 0.15) is 11.4 Å². The van der Waals surface area contributed by atoms with Crippen LogP contribution < -0.4 is 0 Å². The Kier molecular flexibility index (Phi) is 4.62. The highest BCUT2D eigenvalue weighted by molar-refractivity contribution is 6.10. The van der Waals surface area contributed by atoms with Gasteiger partial charge in [-0.1, -0.05) is 5.16 Å². The van der Waals surface area contributed by atoms with Crippen molar-refractivity contribution in [3.8, 4) is 0 Å². The molecule has 0 N–H and O–H groups in total. The Morgan fingerprint density at radius 1 is 1.58 bits per heavy atom. The fourth-order valence-electron chi connectivity index (χ4n) is 1.73. The molecule has 1 aromatic rings. The van der Waals surface area contributed by atoms with E-state index in [4.69, 9.17) is 0 Å². The van der Waals surface area contributed by atoms with Crippen LogP contribution in [0.4, 0.5) is 5.69 Å². The fraction of sp³-hybridized carbons (Fsp3) is 0.455. The third-order valence-electron chi connectivity index (χ3n) is 2.34. The molecule has 0 bridgehead atoms. The number of aromatic nitrogens is 2. The summed E-state index contributed by atoms with van der Waals surface area (Å²) in [7, 11) is 6.69. The molecule has 0 amide bonds. The van der Waals surface area contributed by atoms with Crippen LogP contribution in [0, 0.1) is 17.0 Å². The van der Waals surface area contributed by atoms with Gasteiger partial charge >= 0.3 is 5.69 Å². The van der Waals surface area contributed by atoms with Crippen LogP contribution >= 0.6 is 0 Å². The molecule has 1 heterocycles. The lowest BCUT2D eigenvalue weighted by molar-refractivity contribution is -0.385. The molecule has 19 heavy (non-hydrogen) atoms. The van der Waals surface area contributed by atoms with Gasteiger partial charge in [-0.25, -0.2) is 0 Å². The minimum absolute atomic E-state index is 0.0295. The Morgan fingerprint density at radius 3 is 2.68 bits per heavy atom. The van der Waals surface area contributed by atoms with Gasteiger partial charge in [0.15, 0.2) is 0 Å². The molecule has 0 spiro atoms. The predicted molar refractivity (Wildman–Crippen MR) is 71.8 cm³/mol. The summed E-state index contributed by atoms with van der Waals surface area (Å²) < 4.78 is 1.46. The first-order valence-corrected chi connectivity index (χ1v) is 5.51. The molecule has 0 aromatic carbocycles. The van der Waals surface area contributed by atoms with E-state index in [9.17, 15) is 10.1 Å². The van der Waals surface area contributed by atoms with E-state index in [0.717, 1.165) is 0 Å². The monoisotopic (exact) mass is 267 g/mol. The highest BCUT2D eigenvalue weighted by Gasteiger charge is 2.26. The summed E-state index contributed by atoms with van der Waals surface area (Å²) >= 11 is 0. The lowest BCUT2D eigenvalue weighted by Crippen LogP contribution is -2.07. The van der Waals surface area contributed by atoms with E-state index >= 15 is 0 Å². The first-order valence-electron chi connectivity index (χ1n) is 5.51. The molecule has 8 heteroatoms. The van der Waals surface area contributed by atoms with E-state index in [0.29, 0.717) is 17.0 Å². The van der Waals surface area contributed by atoms with Crippen LogP contribution in [-0.2, 0) is 11.9 Å². The quantitative estimate of drug-likeness (QED) is 0.454. The summed E-state index contributed by atoms with van der Waals surface area (Å²) in [5.74, 6) is 0. The second-order valence-corrected chi connectivity index (χ2v) is 4.13. The molecular formula is C11H17N5O3. The molecule has 0 aliphatic rings. The lowest BCUT2D eigenvalue weighted by Gasteiger charge is -2.08. The van der Waals surface area contributed by atoms with Gasteiger partial charge in [0, 0.05) is 32.9 Å². The van der Waals surface area contributed by atoms with Gasteiger partial charge in [0.05, 0.1) is 11.1 Å². The van der Waals surface area contributed by atoms with Gasteiger partial charge in [-0.05, 0) is 6.92 Å². The van der Waals surface area contributed by atoms with Crippen molar-refractivity contribution in [2.24, 2.45) is 12.2 Å². The number of rotatable bonds is 5. The average molecular weight is 267 g/mol. The topological polar surface area (TPSA) is 85.8 Å². The average Bonchev–Trinajstić information content (AvgIpc) is 2.59. The van der Waals surface area contributed by atoms with Crippen LogP contribution in [0.5, 0.6) is 0 Å². The highest BCUT2D eigenvalue weighted by atomic mass is 16.6. The minimum atomic E-state index is -0.443. The molecule has 0 unspecified atom stereocenters. The maximum absolute atomic E-state index is 11.2. The molecule has 0 aliphatic heterocycles. The van der Waals surface area contributed by atoms with Crippen molar-refractivity contribution in [3.63, 3.8) is 0 Å². The summed E-state index contributed by atoms with van der Waals surface area (Å²) in [6.07, 6.45) is 3.13. The number of oxime groups is 1. The number of hydrogen-bond acceptors (Lipinski definition) is 6. The van der Waals surface area contributed by atoms with E-state index in [-0.39, 0.29) is 5.69 Å². The van der Waals surface area contributed by atoms with Crippen LogP contribution in [0.25, 0.3) is 5.57 Å². The molecule has 1 rings (SSSR count). The van der Waals surface area contributed by atoms with E-state index in [1.807, 2.05) is 14.1 Å². The van der Waals surface area contributed by atoms with E-state index in [1.165, 1.54) is 18.0 Å². The summed E-state index contributed by atoms with van der Waals surface area (Å²) in [5, 5.41) is 18.9. The summed E-state index contributed by atoms with van der Waals surface area (Å²) in [5.41, 5.74) is 1.26. The minimum Gasteiger partial charge on any atom is -0.399 e. The lowest BCUT2D eigenvalue weighted by atomic mass is 10.1. The predicted octanol–water partition coefficient (Wildman–Crippen LogP) is 1.17. The Morgan fingerprint density at radius 2 is 2.21 bits per heavy atom. The molecule has 0 fully saturated rings. The fourth-order valence-corrected chi connectivity index (χ4v) is 1.73. The molecule has 1 aromatic heterocycles. The molecule has 0 saturated carbocycles. The molecule has 104 valence electrons. The number of hydrogen-bond donors (Lipinski definition) is 0. The maximum Gasteiger partial charge on any atom is 0.317 e. The Hall–Kier alpha value is -2.38. The highest BCUT2D eigenvalue weighted by Crippen LogP contribution is 2.28. The van der Waals surface area contributed by atoms with Crippen LogP contribution in [0.15, 0.2) is 11.4 Å². The van der Waals surface area contributed by atoms with Crippen LogP contribution in [0.3, 0.4) is 0 Å². The van der Waals surface area contributed by atoms with Gasteiger partial charge in [-0.2, -0.15) is 5.10 Å². The third-order valence-corrected chi connectivity index (χ3v) is 2.34. The first kappa shape index (κ1) is 14.7. The van der Waals surface area contributed by atoms with E-state index in [1.54, 1.807) is 25.1 Å². The Labute approximate surface area is 111 Å². The van der Waals surface area contributed by atoms with Gasteiger partial charge in [0.2, 0.25) is 0 Å². The van der Waals surface area contributed by atoms with Gasteiger partial charge in [-0.3, -0.25) is 14.8 Å². The standard InChI is InChI=1S/C11H17N5O3/c1-8-10(16(17)18)11(15(4)13-8)9(6-12-19-5)7-14(2)3/h6-7H,1-5H3/b9-7-,12-6+. The van der Waals surface area contributed by atoms with Crippen LogP contribution in [0.2, 0.25) is 0 Å². The third kappa shape index (κ3) is 3.30.